The van der Waals surface area contributed by atoms with E-state index in [9.17, 15) is 18.3 Å². The highest BCUT2D eigenvalue weighted by atomic mass is 32.2. The van der Waals surface area contributed by atoms with E-state index in [0.717, 1.165) is 11.0 Å². The molecule has 0 aliphatic heterocycles. The van der Waals surface area contributed by atoms with Crippen molar-refractivity contribution in [3.05, 3.63) is 12.2 Å². The lowest BCUT2D eigenvalue weighted by atomic mass is 10.4. The van der Waals surface area contributed by atoms with Crippen LogP contribution in [0.5, 0.6) is 0 Å². The molecule has 0 heterocycles. The van der Waals surface area contributed by atoms with Gasteiger partial charge in [-0.2, -0.15) is 8.42 Å². The fraction of sp³-hybridized carbons (Fsp3) is 0.700. The summed E-state index contributed by atoms with van der Waals surface area (Å²) in [5, 5.41) is 9.49. The summed E-state index contributed by atoms with van der Waals surface area (Å²) in [5.74, 6) is -1.32. The van der Waals surface area contributed by atoms with E-state index >= 15 is 0 Å². The molecule has 0 aromatic heterocycles. The standard InChI is InChI=1S/C6H15NO3S.C4H6O2/c1-7(2,3)5-4-6-11(8,9)10;1-3(2)4(5)6/h4-6H2,1-3H3;1H2,2H3,(H,5,6). The number of rotatable bonds is 5. The molecule has 102 valence electrons. The summed E-state index contributed by atoms with van der Waals surface area (Å²) in [7, 11) is 2.17. The molecule has 0 unspecified atom stereocenters. The zero-order chi connectivity index (χ0) is 14.3. The van der Waals surface area contributed by atoms with Crippen molar-refractivity contribution in [3.63, 3.8) is 0 Å². The van der Waals surface area contributed by atoms with Gasteiger partial charge in [0.05, 0.1) is 39.4 Å². The second kappa shape index (κ2) is 7.41. The number of nitrogens with zero attached hydrogens (tertiary/aromatic N) is 1. The summed E-state index contributed by atoms with van der Waals surface area (Å²) in [5.41, 5.74) is 0.0648. The molecule has 6 nitrogen and oxygen atoms in total. The first-order valence-electron chi connectivity index (χ1n) is 4.97. The molecule has 0 saturated carbocycles. The number of carbonyl (C=O) groups is 1. The van der Waals surface area contributed by atoms with Crippen LogP contribution >= 0.6 is 0 Å². The van der Waals surface area contributed by atoms with Gasteiger partial charge in [-0.15, -0.1) is 0 Å². The molecule has 0 bridgehead atoms. The van der Waals surface area contributed by atoms with Crippen molar-refractivity contribution in [1.29, 1.82) is 0 Å². The van der Waals surface area contributed by atoms with E-state index in [4.69, 9.17) is 4.55 Å². The Labute approximate surface area is 103 Å². The first-order valence-corrected chi connectivity index (χ1v) is 6.58. The summed E-state index contributed by atoms with van der Waals surface area (Å²) < 4.78 is 29.6. The molecule has 0 aliphatic carbocycles. The van der Waals surface area contributed by atoms with Gasteiger partial charge in [0.2, 0.25) is 0 Å². The molecular formula is C10H21NO5S. The monoisotopic (exact) mass is 267 g/mol. The fourth-order valence-electron chi connectivity index (χ4n) is 0.721. The molecule has 0 saturated heterocycles. The third-order valence-electron chi connectivity index (χ3n) is 1.58. The number of carboxylic acid groups (broad SMARTS) is 1. The minimum absolute atomic E-state index is 0.0648. The van der Waals surface area contributed by atoms with Gasteiger partial charge in [0.15, 0.2) is 0 Å². The number of quaternary nitrogens is 1. The Balaban J connectivity index is 0. The van der Waals surface area contributed by atoms with E-state index < -0.39 is 16.1 Å². The normalized spacial score (nSPS) is 11.4. The molecule has 17 heavy (non-hydrogen) atoms. The maximum atomic E-state index is 10.3. The third-order valence-corrected chi connectivity index (χ3v) is 2.38. The molecule has 0 atom stereocenters. The summed E-state index contributed by atoms with van der Waals surface area (Å²) >= 11 is 0. The molecular weight excluding hydrogens is 246 g/mol. The van der Waals surface area contributed by atoms with E-state index in [1.165, 1.54) is 6.92 Å². The van der Waals surface area contributed by atoms with Gasteiger partial charge in [-0.1, -0.05) is 6.58 Å². The molecule has 0 spiro atoms. The third kappa shape index (κ3) is 21.0. The van der Waals surface area contributed by atoms with Crippen molar-refractivity contribution in [1.82, 2.24) is 0 Å². The van der Waals surface area contributed by atoms with Crippen molar-refractivity contribution in [2.24, 2.45) is 0 Å². The molecule has 0 rings (SSSR count). The van der Waals surface area contributed by atoms with Gasteiger partial charge in [0.25, 0.3) is 10.1 Å². The molecule has 0 aromatic carbocycles. The second-order valence-electron chi connectivity index (χ2n) is 4.72. The van der Waals surface area contributed by atoms with Gasteiger partial charge in [-0.25, -0.2) is 0 Å². The molecule has 0 aromatic rings. The SMILES string of the molecule is C=C(C)C(=O)[O-].C[N+](C)(C)CCCS(=O)(=O)O. The predicted molar refractivity (Wildman–Crippen MR) is 63.8 cm³/mol. The first-order chi connectivity index (χ1) is 7.35. The summed E-state index contributed by atoms with van der Waals surface area (Å²) in [6, 6.07) is 0. The highest BCUT2D eigenvalue weighted by Gasteiger charge is 2.10. The number of hydrogen-bond acceptors (Lipinski definition) is 4. The lowest BCUT2D eigenvalue weighted by Gasteiger charge is -2.23. The van der Waals surface area contributed by atoms with Gasteiger partial charge in [-0.05, 0) is 12.5 Å². The topological polar surface area (TPSA) is 94.5 Å². The van der Waals surface area contributed by atoms with E-state index in [1.54, 1.807) is 0 Å². The Bertz CT molecular complexity index is 341. The van der Waals surface area contributed by atoms with Crippen LogP contribution in [0.15, 0.2) is 12.2 Å². The molecule has 7 heteroatoms. The van der Waals surface area contributed by atoms with Gasteiger partial charge in [0, 0.05) is 6.42 Å². The molecule has 0 amide bonds. The average molecular weight is 267 g/mol. The van der Waals surface area contributed by atoms with Crippen molar-refractivity contribution < 1.29 is 27.4 Å². The van der Waals surface area contributed by atoms with Crippen LogP contribution in [0.1, 0.15) is 13.3 Å². The van der Waals surface area contributed by atoms with Crippen LogP contribution in [0.25, 0.3) is 0 Å². The number of carbonyl (C=O) groups excluding carboxylic acids is 1. The molecule has 0 aliphatic rings. The van der Waals surface area contributed by atoms with Gasteiger partial charge in [0.1, 0.15) is 0 Å². The molecule has 1 N–H and O–H groups in total. The van der Waals surface area contributed by atoms with Crippen LogP contribution in [-0.4, -0.2) is 56.9 Å². The lowest BCUT2D eigenvalue weighted by molar-refractivity contribution is -0.870. The first kappa shape index (κ1) is 18.4. The van der Waals surface area contributed by atoms with Crippen molar-refractivity contribution >= 4 is 16.1 Å². The maximum absolute atomic E-state index is 10.3. The fourth-order valence-corrected chi connectivity index (χ4v) is 1.22. The summed E-state index contributed by atoms with van der Waals surface area (Å²) in [6.07, 6.45) is 0.502. The minimum Gasteiger partial charge on any atom is -0.545 e. The number of hydrogen-bond donors (Lipinski definition) is 1. The minimum atomic E-state index is -3.76. The Hall–Kier alpha value is -0.920. The lowest BCUT2D eigenvalue weighted by Crippen LogP contribution is -2.36. The van der Waals surface area contributed by atoms with Crippen LogP contribution in [0.4, 0.5) is 0 Å². The van der Waals surface area contributed by atoms with Crippen LogP contribution in [0.3, 0.4) is 0 Å². The van der Waals surface area contributed by atoms with Crippen LogP contribution < -0.4 is 5.11 Å². The quantitative estimate of drug-likeness (QED) is 0.403. The number of carboxylic acids is 1. The van der Waals surface area contributed by atoms with Gasteiger partial charge < -0.3 is 14.4 Å². The van der Waals surface area contributed by atoms with Gasteiger partial charge in [-0.3, -0.25) is 4.55 Å². The zero-order valence-corrected chi connectivity index (χ0v) is 11.6. The Kier molecular flexibility index (Phi) is 8.04. The van der Waals surface area contributed by atoms with E-state index in [0.29, 0.717) is 6.42 Å². The largest absolute Gasteiger partial charge is 0.545 e. The predicted octanol–water partition coefficient (Wildman–Crippen LogP) is -0.717. The maximum Gasteiger partial charge on any atom is 0.265 e. The van der Waals surface area contributed by atoms with E-state index in [-0.39, 0.29) is 11.3 Å². The Morgan fingerprint density at radius 2 is 1.71 bits per heavy atom. The average Bonchev–Trinajstić information content (AvgIpc) is 1.99. The molecule has 0 fully saturated rings. The second-order valence-corrected chi connectivity index (χ2v) is 6.29. The van der Waals surface area contributed by atoms with Crippen molar-refractivity contribution in [3.8, 4) is 0 Å². The Morgan fingerprint density at radius 3 is 1.88 bits per heavy atom. The van der Waals surface area contributed by atoms with Crippen LogP contribution in [0, 0.1) is 0 Å². The van der Waals surface area contributed by atoms with Crippen molar-refractivity contribution in [2.45, 2.75) is 13.3 Å². The summed E-state index contributed by atoms with van der Waals surface area (Å²) in [6.45, 7) is 5.23. The van der Waals surface area contributed by atoms with E-state index in [2.05, 4.69) is 6.58 Å². The molecule has 0 radical (unpaired) electrons. The van der Waals surface area contributed by atoms with Crippen molar-refractivity contribution in [2.75, 3.05) is 33.4 Å². The van der Waals surface area contributed by atoms with Crippen LogP contribution in [-0.2, 0) is 14.9 Å². The summed E-state index contributed by atoms with van der Waals surface area (Å²) in [4.78, 5) is 9.49. The van der Waals surface area contributed by atoms with Crippen LogP contribution in [0.2, 0.25) is 0 Å². The highest BCUT2D eigenvalue weighted by molar-refractivity contribution is 7.85. The number of aliphatic carboxylic acids is 1. The zero-order valence-electron chi connectivity index (χ0n) is 10.8. The smallest absolute Gasteiger partial charge is 0.265 e. The Morgan fingerprint density at radius 1 is 1.35 bits per heavy atom. The van der Waals surface area contributed by atoms with E-state index in [1.807, 2.05) is 21.1 Å². The highest BCUT2D eigenvalue weighted by Crippen LogP contribution is 1.95. The van der Waals surface area contributed by atoms with Gasteiger partial charge >= 0.3 is 0 Å².